The molecule has 94 valence electrons. The molecule has 4 nitrogen and oxygen atoms in total. The van der Waals surface area contributed by atoms with Crippen LogP contribution in [0.3, 0.4) is 0 Å². The molecule has 0 aliphatic carbocycles. The summed E-state index contributed by atoms with van der Waals surface area (Å²) in [6, 6.07) is 7.37. The number of hydrogen-bond acceptors (Lipinski definition) is 4. The maximum Gasteiger partial charge on any atom is 0.250 e. The number of benzene rings is 1. The third kappa shape index (κ3) is 4.38. The number of carbonyl (C=O) groups excluding carboxylic acids is 1. The fraction of sp³-hybridized carbons (Fsp3) is 0.417. The van der Waals surface area contributed by atoms with Crippen LogP contribution in [0.15, 0.2) is 24.3 Å². The molecular weight excluding hydrogens is 238 g/mol. The van der Waals surface area contributed by atoms with Crippen molar-refractivity contribution in [3.63, 3.8) is 0 Å². The molecule has 0 aromatic heterocycles. The van der Waals surface area contributed by atoms with Gasteiger partial charge in [0.2, 0.25) is 5.91 Å². The highest BCUT2D eigenvalue weighted by Gasteiger charge is 2.14. The molecule has 0 fully saturated rings. The maximum atomic E-state index is 11.2. The average molecular weight is 255 g/mol. The Bertz CT molecular complexity index is 382. The van der Waals surface area contributed by atoms with Crippen LogP contribution in [0.2, 0.25) is 0 Å². The number of carbonyl (C=O) groups is 1. The van der Waals surface area contributed by atoms with Gasteiger partial charge in [0.05, 0.1) is 5.44 Å². The van der Waals surface area contributed by atoms with Crippen molar-refractivity contribution in [2.75, 3.05) is 11.9 Å². The molecule has 2 unspecified atom stereocenters. The van der Waals surface area contributed by atoms with Crippen LogP contribution in [0.5, 0.6) is 0 Å². The van der Waals surface area contributed by atoms with Gasteiger partial charge >= 0.3 is 0 Å². The van der Waals surface area contributed by atoms with Crippen LogP contribution in [0.25, 0.3) is 0 Å². The molecular formula is C12H17NO3S. The first-order valence-electron chi connectivity index (χ1n) is 5.37. The summed E-state index contributed by atoms with van der Waals surface area (Å²) in [6.45, 7) is 3.13. The Balaban J connectivity index is 2.87. The van der Waals surface area contributed by atoms with Crippen LogP contribution < -0.4 is 5.32 Å². The fourth-order valence-corrected chi connectivity index (χ4v) is 2.47. The first kappa shape index (κ1) is 14.0. The normalized spacial score (nSPS) is 14.1. The SMILES string of the molecule is CC(O)SC(C)c1ccccc1NC(=O)CO. The molecule has 0 saturated carbocycles. The number of amides is 1. The number of nitrogens with one attached hydrogen (secondary N) is 1. The monoisotopic (exact) mass is 255 g/mol. The lowest BCUT2D eigenvalue weighted by atomic mass is 10.1. The average Bonchev–Trinajstić information content (AvgIpc) is 2.28. The zero-order chi connectivity index (χ0) is 12.8. The molecule has 0 saturated heterocycles. The predicted molar refractivity (Wildman–Crippen MR) is 69.8 cm³/mol. The molecule has 0 radical (unpaired) electrons. The molecule has 1 aromatic carbocycles. The smallest absolute Gasteiger partial charge is 0.250 e. The predicted octanol–water partition coefficient (Wildman–Crippen LogP) is 1.75. The largest absolute Gasteiger partial charge is 0.387 e. The Kier molecular flexibility index (Phi) is 5.47. The first-order chi connectivity index (χ1) is 8.04. The molecule has 5 heteroatoms. The van der Waals surface area contributed by atoms with E-state index in [0.29, 0.717) is 5.69 Å². The molecule has 0 heterocycles. The van der Waals surface area contributed by atoms with Crippen LogP contribution >= 0.6 is 11.8 Å². The van der Waals surface area contributed by atoms with Gasteiger partial charge in [0.15, 0.2) is 0 Å². The standard InChI is InChI=1S/C12H17NO3S/c1-8(17-9(2)15)10-5-3-4-6-11(10)13-12(16)7-14/h3-6,8-9,14-15H,7H2,1-2H3,(H,13,16). The summed E-state index contributed by atoms with van der Waals surface area (Å²) in [5.41, 5.74) is 1.14. The lowest BCUT2D eigenvalue weighted by molar-refractivity contribution is -0.118. The van der Waals surface area contributed by atoms with Gasteiger partial charge in [0.25, 0.3) is 0 Å². The van der Waals surface area contributed by atoms with E-state index in [4.69, 9.17) is 5.11 Å². The van der Waals surface area contributed by atoms with Crippen molar-refractivity contribution in [1.82, 2.24) is 0 Å². The van der Waals surface area contributed by atoms with Crippen molar-refractivity contribution in [3.8, 4) is 0 Å². The molecule has 0 bridgehead atoms. The van der Waals surface area contributed by atoms with Crippen LogP contribution in [-0.2, 0) is 4.79 Å². The van der Waals surface area contributed by atoms with E-state index in [1.807, 2.05) is 25.1 Å². The zero-order valence-corrected chi connectivity index (χ0v) is 10.7. The van der Waals surface area contributed by atoms with Gasteiger partial charge in [-0.2, -0.15) is 0 Å². The van der Waals surface area contributed by atoms with Gasteiger partial charge in [-0.1, -0.05) is 18.2 Å². The quantitative estimate of drug-likeness (QED) is 0.701. The van der Waals surface area contributed by atoms with Crippen LogP contribution in [-0.4, -0.2) is 28.2 Å². The number of para-hydroxylation sites is 1. The zero-order valence-electron chi connectivity index (χ0n) is 9.88. The molecule has 3 N–H and O–H groups in total. The third-order valence-corrected chi connectivity index (χ3v) is 3.27. The van der Waals surface area contributed by atoms with Crippen molar-refractivity contribution in [3.05, 3.63) is 29.8 Å². The minimum atomic E-state index is -0.535. The molecule has 2 atom stereocenters. The van der Waals surface area contributed by atoms with E-state index in [-0.39, 0.29) is 5.25 Å². The van der Waals surface area contributed by atoms with Gasteiger partial charge < -0.3 is 15.5 Å². The van der Waals surface area contributed by atoms with E-state index in [2.05, 4.69) is 5.32 Å². The summed E-state index contributed by atoms with van der Waals surface area (Å²) in [6.07, 6.45) is 0. The highest BCUT2D eigenvalue weighted by atomic mass is 32.2. The summed E-state index contributed by atoms with van der Waals surface area (Å²) in [5.74, 6) is -0.438. The number of hydrogen-bond donors (Lipinski definition) is 3. The molecule has 0 spiro atoms. The van der Waals surface area contributed by atoms with Gasteiger partial charge in [-0.15, -0.1) is 11.8 Å². The van der Waals surface area contributed by atoms with Crippen molar-refractivity contribution in [2.24, 2.45) is 0 Å². The van der Waals surface area contributed by atoms with E-state index < -0.39 is 18.0 Å². The number of anilines is 1. The van der Waals surface area contributed by atoms with Gasteiger partial charge in [0.1, 0.15) is 6.61 Å². The second kappa shape index (κ2) is 6.64. The van der Waals surface area contributed by atoms with E-state index in [9.17, 15) is 9.90 Å². The number of thioether (sulfide) groups is 1. The van der Waals surface area contributed by atoms with E-state index >= 15 is 0 Å². The Labute approximate surface area is 105 Å². The Morgan fingerprint density at radius 1 is 1.41 bits per heavy atom. The molecule has 1 rings (SSSR count). The molecule has 0 aliphatic heterocycles. The number of aliphatic hydroxyl groups excluding tert-OH is 2. The van der Waals surface area contributed by atoms with Crippen molar-refractivity contribution in [1.29, 1.82) is 0 Å². The van der Waals surface area contributed by atoms with Gasteiger partial charge in [-0.3, -0.25) is 4.79 Å². The van der Waals surface area contributed by atoms with Crippen molar-refractivity contribution < 1.29 is 15.0 Å². The van der Waals surface area contributed by atoms with Crippen molar-refractivity contribution in [2.45, 2.75) is 24.5 Å². The second-order valence-corrected chi connectivity index (χ2v) is 5.33. The van der Waals surface area contributed by atoms with Crippen LogP contribution in [0.1, 0.15) is 24.7 Å². The minimum absolute atomic E-state index is 0.0604. The number of aliphatic hydroxyl groups is 2. The summed E-state index contributed by atoms with van der Waals surface area (Å²) in [5, 5.41) is 20.7. The third-order valence-electron chi connectivity index (χ3n) is 2.22. The summed E-state index contributed by atoms with van der Waals surface area (Å²) in [7, 11) is 0. The second-order valence-electron chi connectivity index (χ2n) is 3.67. The number of rotatable bonds is 5. The van der Waals surface area contributed by atoms with Crippen molar-refractivity contribution >= 4 is 23.4 Å². The van der Waals surface area contributed by atoms with E-state index in [1.165, 1.54) is 11.8 Å². The summed E-state index contributed by atoms with van der Waals surface area (Å²) in [4.78, 5) is 11.2. The first-order valence-corrected chi connectivity index (χ1v) is 6.32. The lowest BCUT2D eigenvalue weighted by Crippen LogP contribution is -2.17. The lowest BCUT2D eigenvalue weighted by Gasteiger charge is -2.17. The topological polar surface area (TPSA) is 69.6 Å². The van der Waals surface area contributed by atoms with Crippen LogP contribution in [0.4, 0.5) is 5.69 Å². The highest BCUT2D eigenvalue weighted by molar-refractivity contribution is 7.99. The molecule has 0 aliphatic rings. The molecule has 17 heavy (non-hydrogen) atoms. The summed E-state index contributed by atoms with van der Waals surface area (Å²) >= 11 is 1.40. The fourth-order valence-electron chi connectivity index (χ4n) is 1.52. The Hall–Kier alpha value is -1.04. The molecule has 1 amide bonds. The Morgan fingerprint density at radius 2 is 2.06 bits per heavy atom. The van der Waals surface area contributed by atoms with Gasteiger partial charge in [-0.05, 0) is 25.5 Å². The van der Waals surface area contributed by atoms with Crippen LogP contribution in [0, 0.1) is 0 Å². The Morgan fingerprint density at radius 3 is 2.65 bits per heavy atom. The summed E-state index contributed by atoms with van der Waals surface area (Å²) < 4.78 is 0. The molecule has 1 aromatic rings. The minimum Gasteiger partial charge on any atom is -0.387 e. The maximum absolute atomic E-state index is 11.2. The van der Waals surface area contributed by atoms with Gasteiger partial charge in [-0.25, -0.2) is 0 Å². The highest BCUT2D eigenvalue weighted by Crippen LogP contribution is 2.34. The van der Waals surface area contributed by atoms with E-state index in [1.54, 1.807) is 13.0 Å². The van der Waals surface area contributed by atoms with E-state index in [0.717, 1.165) is 5.56 Å². The van der Waals surface area contributed by atoms with Gasteiger partial charge in [0, 0.05) is 10.9 Å².